The van der Waals surface area contributed by atoms with E-state index in [9.17, 15) is 32.7 Å². The number of hydrogen-bond donors (Lipinski definition) is 1. The zero-order chi connectivity index (χ0) is 25.7. The number of rotatable bonds is 4. The Morgan fingerprint density at radius 2 is 1.86 bits per heavy atom. The molecule has 12 heteroatoms. The second-order valence-electron chi connectivity index (χ2n) is 10.9. The van der Waals surface area contributed by atoms with Crippen molar-refractivity contribution in [1.82, 2.24) is 14.7 Å². The molecule has 0 radical (unpaired) electrons. The number of hydrogen-bond acceptors (Lipinski definition) is 5. The quantitative estimate of drug-likeness (QED) is 0.449. The number of fused-ring (bicyclic) bond motifs is 2. The largest absolute Gasteiger partial charge is 0.481 e. The number of aliphatic carboxylic acids is 1. The zero-order valence-electron chi connectivity index (χ0n) is 19.5. The molecule has 0 aromatic carbocycles. The van der Waals surface area contributed by atoms with Crippen LogP contribution in [0.3, 0.4) is 0 Å². The molecule has 2 amide bonds. The summed E-state index contributed by atoms with van der Waals surface area (Å²) < 4.78 is 41.7. The van der Waals surface area contributed by atoms with E-state index in [1.54, 1.807) is 11.1 Å². The minimum absolute atomic E-state index is 0.0390. The van der Waals surface area contributed by atoms with Crippen molar-refractivity contribution in [1.29, 1.82) is 0 Å². The van der Waals surface area contributed by atoms with Gasteiger partial charge in [-0.25, -0.2) is 4.99 Å². The monoisotopic (exact) mass is 526 g/mol. The molecule has 0 bridgehead atoms. The molecule has 3 aliphatic heterocycles. The molecule has 0 aromatic rings. The number of allylic oxidation sites excluding steroid dienone is 2. The van der Waals surface area contributed by atoms with Crippen molar-refractivity contribution < 1.29 is 32.7 Å². The van der Waals surface area contributed by atoms with Crippen LogP contribution < -0.4 is 0 Å². The average Bonchev–Trinajstić information content (AvgIpc) is 3.72. The Balaban J connectivity index is 1.17. The summed E-state index contributed by atoms with van der Waals surface area (Å²) in [5.41, 5.74) is -3.23. The number of carboxylic acid groups (broad SMARTS) is 1. The van der Waals surface area contributed by atoms with Gasteiger partial charge in [0.25, 0.3) is 5.91 Å². The Hall–Kier alpha value is -2.56. The van der Waals surface area contributed by atoms with Crippen LogP contribution in [0.1, 0.15) is 32.6 Å². The molecule has 4 unspecified atom stereocenters. The van der Waals surface area contributed by atoms with E-state index in [-0.39, 0.29) is 61.1 Å². The van der Waals surface area contributed by atoms with Gasteiger partial charge in [0.15, 0.2) is 5.54 Å². The summed E-state index contributed by atoms with van der Waals surface area (Å²) in [6, 6.07) is -0.0390. The molecule has 8 nitrogen and oxygen atoms in total. The predicted octanol–water partition coefficient (Wildman–Crippen LogP) is 2.60. The molecule has 0 aromatic heterocycles. The normalized spacial score (nSPS) is 37.8. The maximum atomic E-state index is 13.9. The van der Waals surface area contributed by atoms with Gasteiger partial charge in [-0.1, -0.05) is 11.6 Å². The van der Waals surface area contributed by atoms with Gasteiger partial charge in [-0.3, -0.25) is 14.4 Å². The Bertz CT molecular complexity index is 1140. The molecule has 4 fully saturated rings. The predicted molar refractivity (Wildman–Crippen MR) is 122 cm³/mol. The molecule has 6 rings (SSSR count). The van der Waals surface area contributed by atoms with Gasteiger partial charge in [0.05, 0.1) is 18.0 Å². The lowest BCUT2D eigenvalue weighted by Gasteiger charge is -2.41. The molecule has 3 heterocycles. The second-order valence-corrected chi connectivity index (χ2v) is 11.3. The molecule has 3 aliphatic carbocycles. The molecule has 1 N–H and O–H groups in total. The summed E-state index contributed by atoms with van der Waals surface area (Å²) >= 11 is 6.62. The number of carboxylic acids is 1. The van der Waals surface area contributed by atoms with E-state index < -0.39 is 34.7 Å². The summed E-state index contributed by atoms with van der Waals surface area (Å²) in [7, 11) is 0. The Labute approximate surface area is 210 Å². The first kappa shape index (κ1) is 23.8. The highest BCUT2D eigenvalue weighted by atomic mass is 35.5. The first-order chi connectivity index (χ1) is 16.9. The van der Waals surface area contributed by atoms with E-state index in [1.807, 2.05) is 0 Å². The maximum Gasteiger partial charge on any atom is 0.419 e. The topological polar surface area (TPSA) is 93.5 Å². The van der Waals surface area contributed by atoms with Crippen LogP contribution in [-0.4, -0.2) is 86.3 Å². The minimum Gasteiger partial charge on any atom is -0.481 e. The van der Waals surface area contributed by atoms with Crippen LogP contribution in [-0.2, 0) is 14.4 Å². The minimum atomic E-state index is -4.65. The third-order valence-corrected chi connectivity index (χ3v) is 9.24. The van der Waals surface area contributed by atoms with E-state index in [0.717, 1.165) is 18.9 Å². The average molecular weight is 527 g/mol. The van der Waals surface area contributed by atoms with E-state index in [1.165, 1.54) is 16.7 Å². The molecule has 3 saturated carbocycles. The van der Waals surface area contributed by atoms with Crippen molar-refractivity contribution in [3.05, 3.63) is 23.4 Å². The van der Waals surface area contributed by atoms with Gasteiger partial charge in [-0.15, -0.1) is 0 Å². The van der Waals surface area contributed by atoms with Crippen LogP contribution in [0.25, 0.3) is 0 Å². The SMILES string of the molecule is CC1(C(=O)N2CCN(C3CC4C(C3)C4C(=O)O)C(=O)C2)N=C2C(C(F)(F)F)=CC(C3CC3)=CN2C1Cl. The number of halogens is 4. The highest BCUT2D eigenvalue weighted by molar-refractivity contribution is 6.27. The summed E-state index contributed by atoms with van der Waals surface area (Å²) in [6.07, 6.45) is 0.934. The molecule has 0 spiro atoms. The van der Waals surface area contributed by atoms with Crippen LogP contribution in [0.4, 0.5) is 13.2 Å². The smallest absolute Gasteiger partial charge is 0.419 e. The van der Waals surface area contributed by atoms with Gasteiger partial charge in [0, 0.05) is 25.3 Å². The molecule has 1 saturated heterocycles. The van der Waals surface area contributed by atoms with Crippen molar-refractivity contribution in [2.24, 2.45) is 28.7 Å². The van der Waals surface area contributed by atoms with E-state index in [0.29, 0.717) is 18.4 Å². The third-order valence-electron chi connectivity index (χ3n) is 8.61. The Morgan fingerprint density at radius 1 is 1.19 bits per heavy atom. The highest BCUT2D eigenvalue weighted by Crippen LogP contribution is 2.58. The molecule has 36 heavy (non-hydrogen) atoms. The number of carbonyl (C=O) groups excluding carboxylic acids is 2. The number of amidine groups is 1. The van der Waals surface area contributed by atoms with Gasteiger partial charge in [0.1, 0.15) is 11.3 Å². The number of aliphatic imine (C=N–C) groups is 1. The Kier molecular flexibility index (Phi) is 5.11. The number of alkyl halides is 4. The van der Waals surface area contributed by atoms with Gasteiger partial charge >= 0.3 is 12.1 Å². The van der Waals surface area contributed by atoms with E-state index in [2.05, 4.69) is 4.99 Å². The molecule has 4 atom stereocenters. The molecular formula is C24H26ClF3N4O4. The number of nitrogens with zero attached hydrogens (tertiary/aromatic N) is 4. The number of amides is 2. The summed E-state index contributed by atoms with van der Waals surface area (Å²) in [5, 5.41) is 9.22. The van der Waals surface area contributed by atoms with Crippen molar-refractivity contribution in [2.75, 3.05) is 19.6 Å². The van der Waals surface area contributed by atoms with Crippen LogP contribution >= 0.6 is 11.6 Å². The van der Waals surface area contributed by atoms with Crippen LogP contribution in [0, 0.1) is 23.7 Å². The van der Waals surface area contributed by atoms with E-state index >= 15 is 0 Å². The summed E-state index contributed by atoms with van der Waals surface area (Å²) in [5.74, 6) is -2.05. The van der Waals surface area contributed by atoms with Crippen LogP contribution in [0.15, 0.2) is 28.4 Å². The fraction of sp³-hybridized carbons (Fsp3) is 0.667. The maximum absolute atomic E-state index is 13.9. The fourth-order valence-corrected chi connectivity index (χ4v) is 6.75. The lowest BCUT2D eigenvalue weighted by atomic mass is 9.99. The standard InChI is InChI=1S/C24H26ClF3N4O4/c1-23(21(25)32-9-12(11-2-3-11)6-16(19(32)29-23)24(26,27)28)22(36)30-4-5-31(17(33)10-30)13-7-14-15(8-13)18(14)20(34)35/h6,9,11,13-15,18,21H,2-5,7-8,10H2,1H3,(H,34,35). The van der Waals surface area contributed by atoms with Gasteiger partial charge in [0.2, 0.25) is 5.91 Å². The van der Waals surface area contributed by atoms with Gasteiger partial charge in [-0.2, -0.15) is 13.2 Å². The molecule has 194 valence electrons. The Morgan fingerprint density at radius 3 is 2.42 bits per heavy atom. The lowest BCUT2D eigenvalue weighted by Crippen LogP contribution is -2.60. The molecule has 6 aliphatic rings. The summed E-state index contributed by atoms with van der Waals surface area (Å²) in [4.78, 5) is 46.3. The molecular weight excluding hydrogens is 501 g/mol. The lowest BCUT2D eigenvalue weighted by molar-refractivity contribution is -0.150. The summed E-state index contributed by atoms with van der Waals surface area (Å²) in [6.45, 7) is 1.72. The van der Waals surface area contributed by atoms with Crippen molar-refractivity contribution in [3.8, 4) is 0 Å². The first-order valence-corrected chi connectivity index (χ1v) is 12.7. The van der Waals surface area contributed by atoms with Crippen LogP contribution in [0.5, 0.6) is 0 Å². The fourth-order valence-electron chi connectivity index (χ4n) is 6.46. The van der Waals surface area contributed by atoms with Gasteiger partial charge in [-0.05, 0) is 62.0 Å². The van der Waals surface area contributed by atoms with Gasteiger partial charge < -0.3 is 19.8 Å². The third kappa shape index (κ3) is 3.56. The van der Waals surface area contributed by atoms with Crippen LogP contribution in [0.2, 0.25) is 0 Å². The van der Waals surface area contributed by atoms with E-state index in [4.69, 9.17) is 11.6 Å². The number of piperazine rings is 1. The number of carbonyl (C=O) groups is 3. The zero-order valence-corrected chi connectivity index (χ0v) is 20.3. The van der Waals surface area contributed by atoms with Crippen molar-refractivity contribution in [2.45, 2.75) is 55.9 Å². The second kappa shape index (κ2) is 7.72. The first-order valence-electron chi connectivity index (χ1n) is 12.2. The van der Waals surface area contributed by atoms with Crippen molar-refractivity contribution >= 4 is 35.2 Å². The highest BCUT2D eigenvalue weighted by Gasteiger charge is 2.61. The van der Waals surface area contributed by atoms with Crippen molar-refractivity contribution in [3.63, 3.8) is 0 Å².